The van der Waals surface area contributed by atoms with Crippen molar-refractivity contribution in [1.29, 1.82) is 10.5 Å². The van der Waals surface area contributed by atoms with E-state index in [2.05, 4.69) is 4.98 Å². The van der Waals surface area contributed by atoms with Crippen molar-refractivity contribution in [2.75, 3.05) is 5.73 Å². The Labute approximate surface area is 107 Å². The van der Waals surface area contributed by atoms with E-state index in [9.17, 15) is 4.79 Å². The highest BCUT2D eigenvalue weighted by atomic mass is 16.4. The highest BCUT2D eigenvalue weighted by Gasteiger charge is 2.19. The molecule has 0 amide bonds. The van der Waals surface area contributed by atoms with Crippen molar-refractivity contribution >= 4 is 11.7 Å². The molecule has 1 aromatic carbocycles. The van der Waals surface area contributed by atoms with Gasteiger partial charge < -0.3 is 10.8 Å². The van der Waals surface area contributed by atoms with Gasteiger partial charge in [0.25, 0.3) is 0 Å². The summed E-state index contributed by atoms with van der Waals surface area (Å²) in [5.41, 5.74) is 5.86. The van der Waals surface area contributed by atoms with Crippen LogP contribution in [0.2, 0.25) is 0 Å². The molecule has 0 spiro atoms. The molecule has 0 bridgehead atoms. The lowest BCUT2D eigenvalue weighted by atomic mass is 10.1. The predicted molar refractivity (Wildman–Crippen MR) is 64.4 cm³/mol. The van der Waals surface area contributed by atoms with Crippen LogP contribution in [0.4, 0.5) is 5.69 Å². The minimum absolute atomic E-state index is 0.0529. The van der Waals surface area contributed by atoms with E-state index >= 15 is 0 Å². The topological polar surface area (TPSA) is 129 Å². The zero-order valence-electron chi connectivity index (χ0n) is 9.53. The molecule has 0 aliphatic heterocycles. The number of hydrogen-bond donors (Lipinski definition) is 2. The van der Waals surface area contributed by atoms with Gasteiger partial charge in [0.2, 0.25) is 0 Å². The number of anilines is 1. The molecule has 92 valence electrons. The van der Waals surface area contributed by atoms with Crippen molar-refractivity contribution in [1.82, 2.24) is 9.55 Å². The third kappa shape index (κ3) is 1.85. The van der Waals surface area contributed by atoms with Crippen molar-refractivity contribution in [3.8, 4) is 17.8 Å². The van der Waals surface area contributed by atoms with E-state index < -0.39 is 5.97 Å². The Morgan fingerprint density at radius 3 is 2.68 bits per heavy atom. The van der Waals surface area contributed by atoms with E-state index in [4.69, 9.17) is 21.4 Å². The summed E-state index contributed by atoms with van der Waals surface area (Å²) in [6.45, 7) is 0. The Morgan fingerprint density at radius 2 is 2.11 bits per heavy atom. The number of hydrogen-bond acceptors (Lipinski definition) is 5. The van der Waals surface area contributed by atoms with Crippen LogP contribution in [0.3, 0.4) is 0 Å². The van der Waals surface area contributed by atoms with Crippen LogP contribution in [0.25, 0.3) is 5.69 Å². The molecule has 2 rings (SSSR count). The number of carboxylic acids is 1. The summed E-state index contributed by atoms with van der Waals surface area (Å²) in [4.78, 5) is 14.9. The van der Waals surface area contributed by atoms with Crippen LogP contribution >= 0.6 is 0 Å². The van der Waals surface area contributed by atoms with Crippen LogP contribution in [-0.2, 0) is 0 Å². The summed E-state index contributed by atoms with van der Waals surface area (Å²) in [6, 6.07) is 7.95. The van der Waals surface area contributed by atoms with Crippen molar-refractivity contribution in [3.05, 3.63) is 41.5 Å². The van der Waals surface area contributed by atoms with Gasteiger partial charge in [-0.2, -0.15) is 10.5 Å². The second-order valence-electron chi connectivity index (χ2n) is 3.58. The molecule has 0 fully saturated rings. The van der Waals surface area contributed by atoms with E-state index in [1.165, 1.54) is 29.1 Å². The van der Waals surface area contributed by atoms with Crippen LogP contribution < -0.4 is 5.73 Å². The van der Waals surface area contributed by atoms with Gasteiger partial charge in [0, 0.05) is 0 Å². The number of carboxylic acid groups (broad SMARTS) is 1. The summed E-state index contributed by atoms with van der Waals surface area (Å²) in [6.07, 6.45) is 1.20. The lowest BCUT2D eigenvalue weighted by Gasteiger charge is -2.10. The number of aromatic carboxylic acids is 1. The maximum atomic E-state index is 11.2. The minimum atomic E-state index is -1.18. The van der Waals surface area contributed by atoms with E-state index in [-0.39, 0.29) is 28.3 Å². The lowest BCUT2D eigenvalue weighted by Crippen LogP contribution is -2.09. The van der Waals surface area contributed by atoms with Crippen LogP contribution in [-0.4, -0.2) is 20.6 Å². The Balaban J connectivity index is 2.81. The summed E-state index contributed by atoms with van der Waals surface area (Å²) in [7, 11) is 0. The summed E-state index contributed by atoms with van der Waals surface area (Å²) in [5.74, 6) is -1.18. The normalized spacial score (nSPS) is 9.58. The fourth-order valence-corrected chi connectivity index (χ4v) is 1.71. The fourth-order valence-electron chi connectivity index (χ4n) is 1.71. The van der Waals surface area contributed by atoms with Crippen molar-refractivity contribution in [2.45, 2.75) is 0 Å². The first-order valence-electron chi connectivity index (χ1n) is 5.09. The molecule has 0 aliphatic carbocycles. The van der Waals surface area contributed by atoms with E-state index in [0.717, 1.165) is 0 Å². The number of nitriles is 2. The molecule has 0 saturated carbocycles. The van der Waals surface area contributed by atoms with Gasteiger partial charge in [0.15, 0.2) is 11.4 Å². The smallest absolute Gasteiger partial charge is 0.337 e. The largest absolute Gasteiger partial charge is 0.478 e. The van der Waals surface area contributed by atoms with Gasteiger partial charge in [-0.15, -0.1) is 0 Å². The first kappa shape index (κ1) is 12.1. The molecule has 0 saturated heterocycles. The van der Waals surface area contributed by atoms with Crippen molar-refractivity contribution in [2.24, 2.45) is 0 Å². The average Bonchev–Trinajstić information content (AvgIpc) is 2.80. The van der Waals surface area contributed by atoms with Crippen LogP contribution in [0.1, 0.15) is 21.7 Å². The molecule has 19 heavy (non-hydrogen) atoms. The molecule has 1 heterocycles. The van der Waals surface area contributed by atoms with Gasteiger partial charge in [-0.25, -0.2) is 9.78 Å². The molecule has 2 aromatic rings. The number of nitrogens with two attached hydrogens (primary N) is 1. The monoisotopic (exact) mass is 253 g/mol. The lowest BCUT2D eigenvalue weighted by molar-refractivity contribution is 0.0697. The van der Waals surface area contributed by atoms with Crippen LogP contribution in [0.15, 0.2) is 24.5 Å². The summed E-state index contributed by atoms with van der Waals surface area (Å²) < 4.78 is 1.21. The number of benzene rings is 1. The zero-order valence-corrected chi connectivity index (χ0v) is 9.53. The number of nitrogen functional groups attached to an aromatic ring is 1. The number of para-hydroxylation sites is 1. The highest BCUT2D eigenvalue weighted by molar-refractivity contribution is 5.94. The van der Waals surface area contributed by atoms with Gasteiger partial charge >= 0.3 is 5.97 Å². The summed E-state index contributed by atoms with van der Waals surface area (Å²) in [5, 5.41) is 27.0. The van der Waals surface area contributed by atoms with Crippen molar-refractivity contribution in [3.63, 3.8) is 0 Å². The molecule has 7 heteroatoms. The van der Waals surface area contributed by atoms with E-state index in [1.54, 1.807) is 6.07 Å². The third-order valence-electron chi connectivity index (χ3n) is 2.52. The molecule has 0 unspecified atom stereocenters. The van der Waals surface area contributed by atoms with Gasteiger partial charge in [0.05, 0.1) is 16.9 Å². The SMILES string of the molecule is N#Cc1ncn(-c2c(N)cccc2C(=O)O)c1C#N. The van der Waals surface area contributed by atoms with Gasteiger partial charge in [-0.3, -0.25) is 4.57 Å². The maximum Gasteiger partial charge on any atom is 0.337 e. The molecule has 0 atom stereocenters. The number of rotatable bonds is 2. The predicted octanol–water partition coefficient (Wildman–Crippen LogP) is 0.896. The van der Waals surface area contributed by atoms with E-state index in [0.29, 0.717) is 0 Å². The quantitative estimate of drug-likeness (QED) is 0.765. The van der Waals surface area contributed by atoms with Crippen LogP contribution in [0.5, 0.6) is 0 Å². The van der Waals surface area contributed by atoms with E-state index in [1.807, 2.05) is 6.07 Å². The molecule has 0 aliphatic rings. The number of nitrogens with zero attached hydrogens (tertiary/aromatic N) is 4. The molecule has 0 radical (unpaired) electrons. The number of aromatic nitrogens is 2. The Kier molecular flexibility index (Phi) is 2.88. The first-order valence-corrected chi connectivity index (χ1v) is 5.09. The summed E-state index contributed by atoms with van der Waals surface area (Å²) >= 11 is 0. The standard InChI is InChI=1S/C12H7N5O2/c13-4-9-10(5-14)17(6-16-9)11-7(12(18)19)2-1-3-8(11)15/h1-3,6H,15H2,(H,18,19). The van der Waals surface area contributed by atoms with Gasteiger partial charge in [-0.05, 0) is 12.1 Å². The molecule has 3 N–H and O–H groups in total. The molecular formula is C12H7N5O2. The molecule has 1 aromatic heterocycles. The average molecular weight is 253 g/mol. The minimum Gasteiger partial charge on any atom is -0.478 e. The molecular weight excluding hydrogens is 246 g/mol. The van der Waals surface area contributed by atoms with Gasteiger partial charge in [0.1, 0.15) is 18.5 Å². The van der Waals surface area contributed by atoms with Crippen LogP contribution in [0, 0.1) is 22.7 Å². The third-order valence-corrected chi connectivity index (χ3v) is 2.52. The highest BCUT2D eigenvalue weighted by Crippen LogP contribution is 2.24. The Bertz CT molecular complexity index is 748. The first-order chi connectivity index (χ1) is 9.10. The van der Waals surface area contributed by atoms with Gasteiger partial charge in [-0.1, -0.05) is 6.07 Å². The Hall–Kier alpha value is -3.32. The number of carbonyl (C=O) groups is 1. The fraction of sp³-hybridized carbons (Fsp3) is 0. The van der Waals surface area contributed by atoms with Crippen molar-refractivity contribution < 1.29 is 9.90 Å². The second-order valence-corrected chi connectivity index (χ2v) is 3.58. The zero-order chi connectivity index (χ0) is 14.0. The molecule has 7 nitrogen and oxygen atoms in total. The number of imidazole rings is 1. The maximum absolute atomic E-state index is 11.2. The Morgan fingerprint density at radius 1 is 1.37 bits per heavy atom. The second kappa shape index (κ2) is 4.51.